The summed E-state index contributed by atoms with van der Waals surface area (Å²) >= 11 is 0. The average Bonchev–Trinajstić information content (AvgIpc) is 2.40. The van der Waals surface area contributed by atoms with Crippen LogP contribution in [0.2, 0.25) is 0 Å². The van der Waals surface area contributed by atoms with Gasteiger partial charge in [-0.15, -0.1) is 0 Å². The largest absolute Gasteiger partial charge is 0.485 e. The lowest BCUT2D eigenvalue weighted by molar-refractivity contribution is 0.285. The summed E-state index contributed by atoms with van der Waals surface area (Å²) < 4.78 is 19.8. The maximum atomic E-state index is 14.0. The second kappa shape index (κ2) is 6.72. The average molecular weight is 287 g/mol. The minimum absolute atomic E-state index is 0.315. The van der Waals surface area contributed by atoms with Crippen molar-refractivity contribution in [1.29, 1.82) is 0 Å². The Morgan fingerprint density at radius 1 is 1.10 bits per heavy atom. The monoisotopic (exact) mass is 287 g/mol. The summed E-state index contributed by atoms with van der Waals surface area (Å²) in [6.45, 7) is 7.17. The molecule has 1 N–H and O–H groups in total. The molecule has 2 aromatic rings. The number of aryl methyl sites for hydroxylation is 3. The van der Waals surface area contributed by atoms with E-state index < -0.39 is 0 Å². The van der Waals surface area contributed by atoms with Crippen LogP contribution in [0.25, 0.3) is 0 Å². The van der Waals surface area contributed by atoms with E-state index in [4.69, 9.17) is 4.74 Å². The highest BCUT2D eigenvalue weighted by Crippen LogP contribution is 2.25. The van der Waals surface area contributed by atoms with Gasteiger partial charge in [-0.25, -0.2) is 4.39 Å². The zero-order valence-electron chi connectivity index (χ0n) is 13.1. The van der Waals surface area contributed by atoms with Gasteiger partial charge in [0.1, 0.15) is 6.61 Å². The second-order valence-electron chi connectivity index (χ2n) is 5.42. The molecular weight excluding hydrogens is 265 g/mol. The van der Waals surface area contributed by atoms with Gasteiger partial charge in [0.25, 0.3) is 0 Å². The molecule has 0 radical (unpaired) electrons. The predicted octanol–water partition coefficient (Wildman–Crippen LogP) is 4.05. The Bertz CT molecular complexity index is 614. The standard InChI is InChI=1S/C18H22FNO/c1-12-8-13(2)16(14(3)9-12)11-21-18-15(10-20-4)6-5-7-17(18)19/h5-9,20H,10-11H2,1-4H3. The van der Waals surface area contributed by atoms with E-state index in [2.05, 4.69) is 38.2 Å². The van der Waals surface area contributed by atoms with E-state index in [-0.39, 0.29) is 5.82 Å². The number of hydrogen-bond acceptors (Lipinski definition) is 2. The Labute approximate surface area is 126 Å². The third-order valence-electron chi connectivity index (χ3n) is 3.62. The Balaban J connectivity index is 2.25. The number of benzene rings is 2. The molecule has 0 aliphatic heterocycles. The van der Waals surface area contributed by atoms with Gasteiger partial charge in [-0.3, -0.25) is 0 Å². The van der Waals surface area contributed by atoms with Gasteiger partial charge in [-0.05, 0) is 50.6 Å². The molecule has 0 bridgehead atoms. The van der Waals surface area contributed by atoms with Crippen molar-refractivity contribution >= 4 is 0 Å². The van der Waals surface area contributed by atoms with Crippen LogP contribution in [-0.4, -0.2) is 7.05 Å². The van der Waals surface area contributed by atoms with Crippen LogP contribution in [0.5, 0.6) is 5.75 Å². The second-order valence-corrected chi connectivity index (χ2v) is 5.42. The third-order valence-corrected chi connectivity index (χ3v) is 3.62. The summed E-state index contributed by atoms with van der Waals surface area (Å²) in [5.74, 6) is 0.0244. The Morgan fingerprint density at radius 3 is 2.38 bits per heavy atom. The van der Waals surface area contributed by atoms with Gasteiger partial charge in [-0.1, -0.05) is 29.8 Å². The first-order valence-corrected chi connectivity index (χ1v) is 7.14. The zero-order valence-corrected chi connectivity index (χ0v) is 13.1. The van der Waals surface area contributed by atoms with E-state index in [1.54, 1.807) is 6.07 Å². The van der Waals surface area contributed by atoms with E-state index in [1.807, 2.05) is 13.1 Å². The molecule has 2 aromatic carbocycles. The van der Waals surface area contributed by atoms with E-state index in [9.17, 15) is 4.39 Å². The molecule has 0 aliphatic carbocycles. The highest BCUT2D eigenvalue weighted by atomic mass is 19.1. The summed E-state index contributed by atoms with van der Waals surface area (Å²) in [4.78, 5) is 0. The van der Waals surface area contributed by atoms with Gasteiger partial charge in [0.05, 0.1) is 0 Å². The number of nitrogens with one attached hydrogen (secondary N) is 1. The van der Waals surface area contributed by atoms with Crippen LogP contribution in [0.15, 0.2) is 30.3 Å². The van der Waals surface area contributed by atoms with Gasteiger partial charge in [0.2, 0.25) is 0 Å². The molecule has 112 valence electrons. The number of ether oxygens (including phenoxy) is 1. The normalized spacial score (nSPS) is 10.7. The van der Waals surface area contributed by atoms with Gasteiger partial charge in [0.15, 0.2) is 11.6 Å². The highest BCUT2D eigenvalue weighted by molar-refractivity contribution is 5.39. The first kappa shape index (κ1) is 15.5. The van der Waals surface area contributed by atoms with Crippen LogP contribution < -0.4 is 10.1 Å². The van der Waals surface area contributed by atoms with Crippen molar-refractivity contribution in [1.82, 2.24) is 5.32 Å². The Hall–Kier alpha value is -1.87. The van der Waals surface area contributed by atoms with E-state index in [0.717, 1.165) is 11.1 Å². The lowest BCUT2D eigenvalue weighted by Crippen LogP contribution is -2.09. The van der Waals surface area contributed by atoms with Crippen molar-refractivity contribution in [2.45, 2.75) is 33.9 Å². The van der Waals surface area contributed by atoms with Crippen molar-refractivity contribution in [2.75, 3.05) is 7.05 Å². The minimum Gasteiger partial charge on any atom is -0.485 e. The fourth-order valence-electron chi connectivity index (χ4n) is 2.63. The molecule has 0 amide bonds. The van der Waals surface area contributed by atoms with Crippen LogP contribution in [0.4, 0.5) is 4.39 Å². The topological polar surface area (TPSA) is 21.3 Å². The first-order valence-electron chi connectivity index (χ1n) is 7.14. The van der Waals surface area contributed by atoms with Gasteiger partial charge in [0, 0.05) is 12.1 Å². The fourth-order valence-corrected chi connectivity index (χ4v) is 2.63. The molecule has 0 spiro atoms. The van der Waals surface area contributed by atoms with Gasteiger partial charge < -0.3 is 10.1 Å². The number of halogens is 1. The van der Waals surface area contributed by atoms with Crippen LogP contribution >= 0.6 is 0 Å². The van der Waals surface area contributed by atoms with Crippen molar-refractivity contribution < 1.29 is 9.13 Å². The molecule has 2 rings (SSSR count). The SMILES string of the molecule is CNCc1cccc(F)c1OCc1c(C)cc(C)cc1C. The van der Waals surface area contributed by atoms with E-state index >= 15 is 0 Å². The Morgan fingerprint density at radius 2 is 1.76 bits per heavy atom. The van der Waals surface area contributed by atoms with Crippen LogP contribution in [-0.2, 0) is 13.2 Å². The lowest BCUT2D eigenvalue weighted by atomic mass is 10.0. The van der Waals surface area contributed by atoms with Crippen LogP contribution in [0.1, 0.15) is 27.8 Å². The molecule has 0 atom stereocenters. The summed E-state index contributed by atoms with van der Waals surface area (Å²) in [5.41, 5.74) is 5.55. The smallest absolute Gasteiger partial charge is 0.165 e. The van der Waals surface area contributed by atoms with Crippen molar-refractivity contribution in [3.8, 4) is 5.75 Å². The van der Waals surface area contributed by atoms with E-state index in [0.29, 0.717) is 18.9 Å². The minimum atomic E-state index is -0.315. The molecule has 0 aliphatic rings. The molecule has 0 saturated carbocycles. The van der Waals surface area contributed by atoms with Crippen LogP contribution in [0, 0.1) is 26.6 Å². The third kappa shape index (κ3) is 3.61. The molecule has 3 heteroatoms. The lowest BCUT2D eigenvalue weighted by Gasteiger charge is -2.15. The number of rotatable bonds is 5. The Kier molecular flexibility index (Phi) is 4.97. The van der Waals surface area contributed by atoms with Crippen LogP contribution in [0.3, 0.4) is 0 Å². The molecule has 21 heavy (non-hydrogen) atoms. The molecule has 0 unspecified atom stereocenters. The van der Waals surface area contributed by atoms with E-state index in [1.165, 1.54) is 22.8 Å². The van der Waals surface area contributed by atoms with Crippen molar-refractivity contribution in [3.05, 3.63) is 64.0 Å². The van der Waals surface area contributed by atoms with Crippen molar-refractivity contribution in [3.63, 3.8) is 0 Å². The summed E-state index contributed by atoms with van der Waals surface area (Å²) in [7, 11) is 1.84. The first-order chi connectivity index (χ1) is 10.0. The predicted molar refractivity (Wildman–Crippen MR) is 84.1 cm³/mol. The fraction of sp³-hybridized carbons (Fsp3) is 0.333. The molecule has 0 fully saturated rings. The maximum Gasteiger partial charge on any atom is 0.165 e. The molecule has 0 aromatic heterocycles. The maximum absolute atomic E-state index is 14.0. The zero-order chi connectivity index (χ0) is 15.4. The quantitative estimate of drug-likeness (QED) is 0.895. The highest BCUT2D eigenvalue weighted by Gasteiger charge is 2.11. The summed E-state index contributed by atoms with van der Waals surface area (Å²) in [6.07, 6.45) is 0. The molecule has 0 heterocycles. The van der Waals surface area contributed by atoms with Gasteiger partial charge >= 0.3 is 0 Å². The molecule has 2 nitrogen and oxygen atoms in total. The van der Waals surface area contributed by atoms with Gasteiger partial charge in [-0.2, -0.15) is 0 Å². The number of para-hydroxylation sites is 1. The number of hydrogen-bond donors (Lipinski definition) is 1. The summed E-state index contributed by atoms with van der Waals surface area (Å²) in [5, 5.41) is 3.03. The summed E-state index contributed by atoms with van der Waals surface area (Å²) in [6, 6.07) is 9.27. The molecule has 0 saturated heterocycles. The van der Waals surface area contributed by atoms with Crippen molar-refractivity contribution in [2.24, 2.45) is 0 Å². The molecular formula is C18H22FNO.